The molecule has 6 nitrogen and oxygen atoms in total. The molecule has 31 heavy (non-hydrogen) atoms. The Morgan fingerprint density at radius 3 is 2.55 bits per heavy atom. The van der Waals surface area contributed by atoms with Crippen molar-refractivity contribution in [2.75, 3.05) is 35.2 Å². The minimum atomic E-state index is -4.52. The van der Waals surface area contributed by atoms with Gasteiger partial charge in [-0.05, 0) is 62.2 Å². The Bertz CT molecular complexity index is 972. The van der Waals surface area contributed by atoms with Crippen LogP contribution < -0.4 is 20.3 Å². The number of halogens is 3. The van der Waals surface area contributed by atoms with Gasteiger partial charge in [-0.2, -0.15) is 13.2 Å². The maximum atomic E-state index is 13.2. The van der Waals surface area contributed by atoms with E-state index in [-0.39, 0.29) is 18.2 Å². The number of aryl methyl sites for hydroxylation is 1. The molecule has 0 saturated heterocycles. The minimum Gasteiger partial charge on any atom is -0.484 e. The summed E-state index contributed by atoms with van der Waals surface area (Å²) in [4.78, 5) is 25.7. The molecule has 0 radical (unpaired) electrons. The number of nitrogens with zero attached hydrogens (tertiary/aromatic N) is 1. The summed E-state index contributed by atoms with van der Waals surface area (Å²) in [5.41, 5.74) is 1.37. The quantitative estimate of drug-likeness (QED) is 0.674. The smallest absolute Gasteiger partial charge is 0.416 e. The lowest BCUT2D eigenvalue weighted by Crippen LogP contribution is -2.26. The fourth-order valence-corrected chi connectivity index (χ4v) is 3.44. The standard InChI is InChI=1S/C22H24F3N3O3/c1-3-28(4-2)19-9-6-15(22(23,24)25)12-18(19)27-21(30)13-31-16-7-8-17-14(11-16)5-10-20(29)26-17/h6-9,11-12H,3-5,10,13H2,1-2H3,(H,26,29)(H,27,30). The molecule has 0 fully saturated rings. The first kappa shape index (κ1) is 22.5. The van der Waals surface area contributed by atoms with Gasteiger partial charge in [-0.25, -0.2) is 0 Å². The number of anilines is 3. The van der Waals surface area contributed by atoms with Crippen molar-refractivity contribution in [3.63, 3.8) is 0 Å². The number of carbonyl (C=O) groups is 2. The lowest BCUT2D eigenvalue weighted by molar-refractivity contribution is -0.137. The van der Waals surface area contributed by atoms with E-state index >= 15 is 0 Å². The van der Waals surface area contributed by atoms with Crippen molar-refractivity contribution in [1.29, 1.82) is 0 Å². The molecular weight excluding hydrogens is 411 g/mol. The Balaban J connectivity index is 1.72. The summed E-state index contributed by atoms with van der Waals surface area (Å²) in [5, 5.41) is 5.31. The van der Waals surface area contributed by atoms with Crippen molar-refractivity contribution in [3.05, 3.63) is 47.5 Å². The number of benzene rings is 2. The maximum absolute atomic E-state index is 13.2. The van der Waals surface area contributed by atoms with Crippen molar-refractivity contribution in [3.8, 4) is 5.75 Å². The highest BCUT2D eigenvalue weighted by molar-refractivity contribution is 5.96. The van der Waals surface area contributed by atoms with Gasteiger partial charge in [0.15, 0.2) is 6.61 Å². The van der Waals surface area contributed by atoms with E-state index in [1.807, 2.05) is 18.7 Å². The van der Waals surface area contributed by atoms with Gasteiger partial charge in [0, 0.05) is 25.2 Å². The van der Waals surface area contributed by atoms with E-state index in [2.05, 4.69) is 10.6 Å². The number of carbonyl (C=O) groups excluding carboxylic acids is 2. The molecule has 2 amide bonds. The number of amides is 2. The Kier molecular flexibility index (Phi) is 6.72. The molecule has 0 aliphatic carbocycles. The monoisotopic (exact) mass is 435 g/mol. The molecule has 0 saturated carbocycles. The lowest BCUT2D eigenvalue weighted by atomic mass is 10.0. The molecule has 1 aliphatic heterocycles. The number of ether oxygens (including phenoxy) is 1. The van der Waals surface area contributed by atoms with Gasteiger partial charge in [-0.15, -0.1) is 0 Å². The van der Waals surface area contributed by atoms with Gasteiger partial charge in [-0.1, -0.05) is 0 Å². The SMILES string of the molecule is CCN(CC)c1ccc(C(F)(F)F)cc1NC(=O)COc1ccc2c(c1)CCC(=O)N2. The molecule has 0 bridgehead atoms. The average Bonchev–Trinajstić information content (AvgIpc) is 2.73. The predicted molar refractivity (Wildman–Crippen MR) is 113 cm³/mol. The first-order chi connectivity index (χ1) is 14.7. The van der Waals surface area contributed by atoms with Crippen molar-refractivity contribution in [2.45, 2.75) is 32.9 Å². The summed E-state index contributed by atoms with van der Waals surface area (Å²) in [7, 11) is 0. The predicted octanol–water partition coefficient (Wildman–Crippen LogP) is 4.45. The van der Waals surface area contributed by atoms with Crippen LogP contribution in [0.5, 0.6) is 5.75 Å². The zero-order valence-corrected chi connectivity index (χ0v) is 17.3. The zero-order valence-electron chi connectivity index (χ0n) is 17.3. The van der Waals surface area contributed by atoms with Crippen LogP contribution in [0.1, 0.15) is 31.4 Å². The van der Waals surface area contributed by atoms with Crippen LogP contribution in [0.25, 0.3) is 0 Å². The number of hydrogen-bond acceptors (Lipinski definition) is 4. The van der Waals surface area contributed by atoms with E-state index in [1.165, 1.54) is 6.07 Å². The van der Waals surface area contributed by atoms with Gasteiger partial charge in [-0.3, -0.25) is 9.59 Å². The second-order valence-corrected chi connectivity index (χ2v) is 7.11. The minimum absolute atomic E-state index is 0.0503. The average molecular weight is 435 g/mol. The summed E-state index contributed by atoms with van der Waals surface area (Å²) >= 11 is 0. The van der Waals surface area contributed by atoms with Crippen LogP contribution in [0.4, 0.5) is 30.2 Å². The molecule has 2 N–H and O–H groups in total. The third kappa shape index (κ3) is 5.48. The molecule has 0 spiro atoms. The Morgan fingerprint density at radius 2 is 1.87 bits per heavy atom. The van der Waals surface area contributed by atoms with Crippen LogP contribution in [0.2, 0.25) is 0 Å². The molecule has 0 aromatic heterocycles. The summed E-state index contributed by atoms with van der Waals surface area (Å²) in [5.74, 6) is -0.178. The topological polar surface area (TPSA) is 70.7 Å². The van der Waals surface area contributed by atoms with Gasteiger partial charge in [0.2, 0.25) is 5.91 Å². The van der Waals surface area contributed by atoms with E-state index in [9.17, 15) is 22.8 Å². The summed E-state index contributed by atoms with van der Waals surface area (Å²) < 4.78 is 45.0. The third-order valence-corrected chi connectivity index (χ3v) is 5.04. The Hall–Kier alpha value is -3.23. The fraction of sp³-hybridized carbons (Fsp3) is 0.364. The van der Waals surface area contributed by atoms with Crippen molar-refractivity contribution >= 4 is 28.9 Å². The first-order valence-corrected chi connectivity index (χ1v) is 10.0. The van der Waals surface area contributed by atoms with E-state index in [1.54, 1.807) is 18.2 Å². The van der Waals surface area contributed by atoms with Crippen LogP contribution in [0.15, 0.2) is 36.4 Å². The molecule has 0 atom stereocenters. The van der Waals surface area contributed by atoms with E-state index < -0.39 is 17.6 Å². The fourth-order valence-electron chi connectivity index (χ4n) is 3.44. The molecule has 1 aliphatic rings. The summed E-state index contributed by atoms with van der Waals surface area (Å²) in [6.07, 6.45) is -3.57. The summed E-state index contributed by atoms with van der Waals surface area (Å²) in [6, 6.07) is 8.38. The number of nitrogens with one attached hydrogen (secondary N) is 2. The molecule has 9 heteroatoms. The molecule has 166 valence electrons. The number of rotatable bonds is 7. The van der Waals surface area contributed by atoms with Gasteiger partial charge in [0.1, 0.15) is 5.75 Å². The second kappa shape index (κ2) is 9.28. The highest BCUT2D eigenvalue weighted by Crippen LogP contribution is 2.35. The van der Waals surface area contributed by atoms with Crippen LogP contribution in [0.3, 0.4) is 0 Å². The molecule has 3 rings (SSSR count). The normalized spacial score (nSPS) is 13.3. The van der Waals surface area contributed by atoms with Crippen molar-refractivity contribution in [2.24, 2.45) is 0 Å². The highest BCUT2D eigenvalue weighted by atomic mass is 19.4. The van der Waals surface area contributed by atoms with Gasteiger partial charge in [0.25, 0.3) is 5.91 Å². The number of fused-ring (bicyclic) bond motifs is 1. The van der Waals surface area contributed by atoms with E-state index in [0.29, 0.717) is 43.1 Å². The maximum Gasteiger partial charge on any atom is 0.416 e. The van der Waals surface area contributed by atoms with E-state index in [4.69, 9.17) is 4.74 Å². The lowest BCUT2D eigenvalue weighted by Gasteiger charge is -2.25. The molecule has 0 unspecified atom stereocenters. The molecular formula is C22H24F3N3O3. The molecule has 1 heterocycles. The number of alkyl halides is 3. The van der Waals surface area contributed by atoms with Gasteiger partial charge in [0.05, 0.1) is 16.9 Å². The van der Waals surface area contributed by atoms with E-state index in [0.717, 1.165) is 17.7 Å². The molecule has 2 aromatic rings. The third-order valence-electron chi connectivity index (χ3n) is 5.04. The largest absolute Gasteiger partial charge is 0.484 e. The van der Waals surface area contributed by atoms with Crippen LogP contribution in [0, 0.1) is 0 Å². The van der Waals surface area contributed by atoms with Crippen LogP contribution in [-0.4, -0.2) is 31.5 Å². The molecule has 2 aromatic carbocycles. The van der Waals surface area contributed by atoms with Crippen molar-refractivity contribution < 1.29 is 27.5 Å². The highest BCUT2D eigenvalue weighted by Gasteiger charge is 2.31. The zero-order chi connectivity index (χ0) is 22.6. The Morgan fingerprint density at radius 1 is 1.13 bits per heavy atom. The van der Waals surface area contributed by atoms with Crippen LogP contribution >= 0.6 is 0 Å². The second-order valence-electron chi connectivity index (χ2n) is 7.11. The van der Waals surface area contributed by atoms with Crippen molar-refractivity contribution in [1.82, 2.24) is 0 Å². The van der Waals surface area contributed by atoms with Gasteiger partial charge < -0.3 is 20.3 Å². The summed E-state index contributed by atoms with van der Waals surface area (Å²) in [6.45, 7) is 4.56. The first-order valence-electron chi connectivity index (χ1n) is 10.0. The van der Waals surface area contributed by atoms with Gasteiger partial charge >= 0.3 is 6.18 Å². The number of hydrogen-bond donors (Lipinski definition) is 2. The van der Waals surface area contributed by atoms with Crippen LogP contribution in [-0.2, 0) is 22.2 Å². The Labute approximate surface area is 178 Å².